The molecular formula is C48H78O18. The third kappa shape index (κ3) is 7.87. The first-order valence-electron chi connectivity index (χ1n) is 24.3. The van der Waals surface area contributed by atoms with Gasteiger partial charge in [0.05, 0.1) is 31.3 Å². The highest BCUT2D eigenvalue weighted by molar-refractivity contribution is 5.79. The quantitative estimate of drug-likeness (QED) is 0.0833. The van der Waals surface area contributed by atoms with Crippen LogP contribution in [0.1, 0.15) is 113 Å². The SMILES string of the molecule is CC1(C)CC[C@]2(C(=O)O[C@@H]3O[C@H](CO)[C@@H](O)[C@H](O)[C@H]3O)CC[C@]3(C)C(=CC[C@@H]4[C@]5(C)CC[C@H](O[C@@H]6O[C@H](CO)[C@@H](O[C@@H]7O[C@H](CO)[C@H](O)[C@H](O)[C@H]7O)[C@H](O)[C@H]6O)C(C)(C)[C@@H]5CC[C@]43C)[C@H]2C1. The van der Waals surface area contributed by atoms with Gasteiger partial charge in [-0.15, -0.1) is 0 Å². The molecule has 8 rings (SSSR count). The molecule has 66 heavy (non-hydrogen) atoms. The standard InChI is InChI=1S/C48H78O18/c1-43(2)14-16-48(42(60)66-41-36(58)33(55)31(53)25(20-50)62-41)17-15-46(6)22(23(48)18-43)8-9-28-45(5)12-11-29(44(3,4)27(45)10-13-47(28,46)7)64-39-37(59)34(56)38(26(21-51)63-39)65-40-35(57)32(54)30(52)24(19-49)61-40/h8,23-41,49-59H,9-21H2,1-7H3/t23-,24-,25-,26-,27+,28-,29+,30+,31-,32+,33+,34-,35-,36-,37-,38-,39+,40+,41+,45-,46-,47-,48+/m1/s1. The van der Waals surface area contributed by atoms with Crippen LogP contribution in [0.3, 0.4) is 0 Å². The van der Waals surface area contributed by atoms with E-state index < -0.39 is 135 Å². The normalized spacial score (nSPS) is 53.3. The summed E-state index contributed by atoms with van der Waals surface area (Å²) in [6, 6.07) is 0. The maximum atomic E-state index is 14.7. The molecule has 4 saturated carbocycles. The molecule has 23 atom stereocenters. The van der Waals surface area contributed by atoms with Crippen LogP contribution >= 0.6 is 0 Å². The number of aliphatic hydroxyl groups excluding tert-OH is 11. The minimum Gasteiger partial charge on any atom is -0.432 e. The summed E-state index contributed by atoms with van der Waals surface area (Å²) in [5.41, 5.74) is -0.613. The highest BCUT2D eigenvalue weighted by atomic mass is 16.7. The van der Waals surface area contributed by atoms with E-state index in [0.717, 1.165) is 44.9 Å². The van der Waals surface area contributed by atoms with Crippen LogP contribution in [-0.4, -0.2) is 180 Å². The van der Waals surface area contributed by atoms with E-state index in [0.29, 0.717) is 19.3 Å². The maximum absolute atomic E-state index is 14.7. The lowest BCUT2D eigenvalue weighted by atomic mass is 9.33. The molecule has 5 aliphatic carbocycles. The smallest absolute Gasteiger partial charge is 0.315 e. The third-order valence-electron chi connectivity index (χ3n) is 19.3. The molecule has 3 aliphatic heterocycles. The second kappa shape index (κ2) is 18.0. The number of hydrogen-bond donors (Lipinski definition) is 11. The molecule has 0 amide bonds. The first-order valence-corrected chi connectivity index (χ1v) is 24.3. The van der Waals surface area contributed by atoms with Crippen molar-refractivity contribution in [1.29, 1.82) is 0 Å². The lowest BCUT2D eigenvalue weighted by molar-refractivity contribution is -0.368. The first kappa shape index (κ1) is 50.9. The summed E-state index contributed by atoms with van der Waals surface area (Å²) in [7, 11) is 0. The predicted octanol–water partition coefficient (Wildman–Crippen LogP) is 0.141. The maximum Gasteiger partial charge on any atom is 0.315 e. The van der Waals surface area contributed by atoms with Crippen molar-refractivity contribution in [3.63, 3.8) is 0 Å². The topological polar surface area (TPSA) is 295 Å². The van der Waals surface area contributed by atoms with Gasteiger partial charge < -0.3 is 84.6 Å². The van der Waals surface area contributed by atoms with Gasteiger partial charge in [0, 0.05) is 0 Å². The Balaban J connectivity index is 0.998. The first-order chi connectivity index (χ1) is 30.9. The van der Waals surface area contributed by atoms with Crippen LogP contribution in [0.2, 0.25) is 0 Å². The molecule has 0 aromatic rings. The Labute approximate surface area is 387 Å². The Morgan fingerprint density at radius 3 is 1.77 bits per heavy atom. The second-order valence-electron chi connectivity index (χ2n) is 23.5. The van der Waals surface area contributed by atoms with Crippen molar-refractivity contribution in [3.8, 4) is 0 Å². The Hall–Kier alpha value is -1.43. The minimum atomic E-state index is -1.77. The van der Waals surface area contributed by atoms with Gasteiger partial charge in [-0.1, -0.05) is 60.1 Å². The van der Waals surface area contributed by atoms with Crippen LogP contribution in [0.5, 0.6) is 0 Å². The number of allylic oxidation sites excluding steroid dienone is 2. The summed E-state index contributed by atoms with van der Waals surface area (Å²) in [5, 5.41) is 115. The van der Waals surface area contributed by atoms with Crippen molar-refractivity contribution < 1.29 is 89.4 Å². The zero-order valence-electron chi connectivity index (χ0n) is 39.5. The molecule has 18 nitrogen and oxygen atoms in total. The van der Waals surface area contributed by atoms with Crippen molar-refractivity contribution >= 4 is 5.97 Å². The summed E-state index contributed by atoms with van der Waals surface area (Å²) in [6.45, 7) is 14.1. The van der Waals surface area contributed by atoms with Gasteiger partial charge in [-0.3, -0.25) is 4.79 Å². The molecule has 0 spiro atoms. The van der Waals surface area contributed by atoms with Gasteiger partial charge >= 0.3 is 5.97 Å². The molecule has 8 aliphatic rings. The van der Waals surface area contributed by atoms with Crippen molar-refractivity contribution in [2.24, 2.45) is 50.2 Å². The fraction of sp³-hybridized carbons (Fsp3) is 0.938. The largest absolute Gasteiger partial charge is 0.432 e. The van der Waals surface area contributed by atoms with E-state index in [1.165, 1.54) is 5.57 Å². The van der Waals surface area contributed by atoms with Gasteiger partial charge in [0.15, 0.2) is 12.6 Å². The molecule has 18 heteroatoms. The molecule has 0 radical (unpaired) electrons. The highest BCUT2D eigenvalue weighted by Crippen LogP contribution is 2.76. The van der Waals surface area contributed by atoms with Crippen molar-refractivity contribution in [1.82, 2.24) is 0 Å². The summed E-state index contributed by atoms with van der Waals surface area (Å²) < 4.78 is 35.6. The molecule has 0 unspecified atom stereocenters. The number of rotatable bonds is 9. The summed E-state index contributed by atoms with van der Waals surface area (Å²) >= 11 is 0. The monoisotopic (exact) mass is 943 g/mol. The van der Waals surface area contributed by atoms with Crippen molar-refractivity contribution in [2.75, 3.05) is 19.8 Å². The highest BCUT2D eigenvalue weighted by Gasteiger charge is 2.70. The van der Waals surface area contributed by atoms with Gasteiger partial charge in [-0.05, 0) is 109 Å². The number of esters is 1. The fourth-order valence-electron chi connectivity index (χ4n) is 15.0. The van der Waals surface area contributed by atoms with E-state index in [-0.39, 0.29) is 39.4 Å². The molecule has 0 aromatic heterocycles. The van der Waals surface area contributed by atoms with Gasteiger partial charge in [0.2, 0.25) is 6.29 Å². The Kier molecular flexibility index (Phi) is 13.9. The number of ether oxygens (including phenoxy) is 6. The molecular weight excluding hydrogens is 865 g/mol. The average Bonchev–Trinajstić information content (AvgIpc) is 3.27. The lowest BCUT2D eigenvalue weighted by Gasteiger charge is -2.71. The average molecular weight is 943 g/mol. The molecule has 11 N–H and O–H groups in total. The molecule has 378 valence electrons. The van der Waals surface area contributed by atoms with Gasteiger partial charge in [-0.2, -0.15) is 0 Å². The number of aliphatic hydroxyl groups is 11. The fourth-order valence-corrected chi connectivity index (χ4v) is 15.0. The number of hydrogen-bond acceptors (Lipinski definition) is 18. The van der Waals surface area contributed by atoms with E-state index >= 15 is 0 Å². The third-order valence-corrected chi connectivity index (χ3v) is 19.3. The Bertz CT molecular complexity index is 1790. The van der Waals surface area contributed by atoms with Gasteiger partial charge in [-0.25, -0.2) is 0 Å². The van der Waals surface area contributed by atoms with Crippen molar-refractivity contribution in [2.45, 2.75) is 211 Å². The van der Waals surface area contributed by atoms with E-state index in [2.05, 4.69) is 54.5 Å². The van der Waals surface area contributed by atoms with E-state index in [1.807, 2.05) is 0 Å². The predicted molar refractivity (Wildman–Crippen MR) is 230 cm³/mol. The van der Waals surface area contributed by atoms with E-state index in [1.54, 1.807) is 0 Å². The van der Waals surface area contributed by atoms with Crippen molar-refractivity contribution in [3.05, 3.63) is 11.6 Å². The summed E-state index contributed by atoms with van der Waals surface area (Å²) in [4.78, 5) is 14.7. The van der Waals surface area contributed by atoms with E-state index in [9.17, 15) is 61.0 Å². The molecule has 3 saturated heterocycles. The van der Waals surface area contributed by atoms with Crippen LogP contribution < -0.4 is 0 Å². The molecule has 7 fully saturated rings. The Morgan fingerprint density at radius 2 is 1.15 bits per heavy atom. The summed E-state index contributed by atoms with van der Waals surface area (Å²) in [5.74, 6) is -0.157. The van der Waals surface area contributed by atoms with Gasteiger partial charge in [0.1, 0.15) is 73.2 Å². The molecule has 3 heterocycles. The number of carbonyl (C=O) groups excluding carboxylic acids is 1. The van der Waals surface area contributed by atoms with Gasteiger partial charge in [0.25, 0.3) is 0 Å². The molecule has 0 bridgehead atoms. The molecule has 0 aromatic carbocycles. The second-order valence-corrected chi connectivity index (χ2v) is 23.5. The van der Waals surface area contributed by atoms with Crippen LogP contribution in [0.25, 0.3) is 0 Å². The van der Waals surface area contributed by atoms with Crippen LogP contribution in [0.4, 0.5) is 0 Å². The number of fused-ring (bicyclic) bond motifs is 7. The Morgan fingerprint density at radius 1 is 0.606 bits per heavy atom. The van der Waals surface area contributed by atoms with E-state index in [4.69, 9.17) is 28.4 Å². The number of carbonyl (C=O) groups is 1. The zero-order chi connectivity index (χ0) is 48.3. The zero-order valence-corrected chi connectivity index (χ0v) is 39.5. The van der Waals surface area contributed by atoms with Crippen LogP contribution in [0, 0.1) is 50.2 Å². The lowest BCUT2D eigenvalue weighted by Crippen LogP contribution is -2.67. The minimum absolute atomic E-state index is 0.0540. The van der Waals surface area contributed by atoms with Crippen LogP contribution in [-0.2, 0) is 33.2 Å². The van der Waals surface area contributed by atoms with Crippen LogP contribution in [0.15, 0.2) is 11.6 Å². The summed E-state index contributed by atoms with van der Waals surface area (Å²) in [6.07, 6.45) is -13.5.